The summed E-state index contributed by atoms with van der Waals surface area (Å²) in [7, 11) is 0. The van der Waals surface area contributed by atoms with Crippen molar-refractivity contribution in [3.8, 4) is 0 Å². The van der Waals surface area contributed by atoms with Crippen LogP contribution >= 0.6 is 0 Å². The molecule has 0 aromatic heterocycles. The minimum atomic E-state index is 0.284. The minimum absolute atomic E-state index is 0.284. The number of rotatable bonds is 7. The molecule has 0 radical (unpaired) electrons. The van der Waals surface area contributed by atoms with Crippen LogP contribution in [0.25, 0.3) is 0 Å². The molecule has 0 bridgehead atoms. The van der Waals surface area contributed by atoms with Gasteiger partial charge in [0.15, 0.2) is 0 Å². The molecule has 2 saturated heterocycles. The zero-order valence-corrected chi connectivity index (χ0v) is 14.5. The zero-order valence-electron chi connectivity index (χ0n) is 14.5. The number of amides is 1. The SMILES string of the molecule is O=C(CN1CCC(CN2CCCC2)CC1)NC(C1CC1)C1CC1. The van der Waals surface area contributed by atoms with Crippen LogP contribution in [0.15, 0.2) is 0 Å². The van der Waals surface area contributed by atoms with Crippen molar-refractivity contribution in [2.24, 2.45) is 17.8 Å². The Balaban J connectivity index is 1.16. The highest BCUT2D eigenvalue weighted by molar-refractivity contribution is 5.78. The van der Waals surface area contributed by atoms with Gasteiger partial charge in [-0.1, -0.05) is 0 Å². The monoisotopic (exact) mass is 319 g/mol. The van der Waals surface area contributed by atoms with Crippen LogP contribution in [0, 0.1) is 17.8 Å². The molecule has 130 valence electrons. The molecule has 4 fully saturated rings. The molecule has 0 spiro atoms. The van der Waals surface area contributed by atoms with Crippen molar-refractivity contribution in [2.75, 3.05) is 39.3 Å². The summed E-state index contributed by atoms with van der Waals surface area (Å²) in [6.45, 7) is 6.78. The van der Waals surface area contributed by atoms with Crippen LogP contribution in [0.5, 0.6) is 0 Å². The number of carbonyl (C=O) groups is 1. The maximum atomic E-state index is 12.4. The molecular weight excluding hydrogens is 286 g/mol. The fourth-order valence-electron chi connectivity index (χ4n) is 4.62. The Morgan fingerprint density at radius 1 is 0.870 bits per heavy atom. The first-order chi connectivity index (χ1) is 11.3. The Kier molecular flexibility index (Phi) is 4.91. The van der Waals surface area contributed by atoms with Crippen LogP contribution < -0.4 is 5.32 Å². The van der Waals surface area contributed by atoms with E-state index in [0.717, 1.165) is 30.8 Å². The van der Waals surface area contributed by atoms with E-state index in [-0.39, 0.29) is 5.91 Å². The summed E-state index contributed by atoms with van der Waals surface area (Å²) < 4.78 is 0. The van der Waals surface area contributed by atoms with Crippen molar-refractivity contribution >= 4 is 5.91 Å². The number of nitrogens with one attached hydrogen (secondary N) is 1. The summed E-state index contributed by atoms with van der Waals surface area (Å²) in [5, 5.41) is 3.37. The molecule has 23 heavy (non-hydrogen) atoms. The van der Waals surface area contributed by atoms with E-state index < -0.39 is 0 Å². The van der Waals surface area contributed by atoms with Gasteiger partial charge in [0.05, 0.1) is 6.54 Å². The number of piperidine rings is 1. The first-order valence-electron chi connectivity index (χ1n) is 10.0. The van der Waals surface area contributed by atoms with Crippen LogP contribution in [-0.2, 0) is 4.79 Å². The van der Waals surface area contributed by atoms with Crippen molar-refractivity contribution in [3.05, 3.63) is 0 Å². The smallest absolute Gasteiger partial charge is 0.234 e. The van der Waals surface area contributed by atoms with E-state index in [0.29, 0.717) is 12.6 Å². The Hall–Kier alpha value is -0.610. The minimum Gasteiger partial charge on any atom is -0.352 e. The zero-order chi connectivity index (χ0) is 15.6. The molecule has 0 unspecified atom stereocenters. The van der Waals surface area contributed by atoms with Gasteiger partial charge in [0, 0.05) is 12.6 Å². The Morgan fingerprint density at radius 2 is 1.48 bits per heavy atom. The predicted molar refractivity (Wildman–Crippen MR) is 92.2 cm³/mol. The van der Waals surface area contributed by atoms with E-state index in [1.54, 1.807) is 0 Å². The van der Waals surface area contributed by atoms with E-state index in [4.69, 9.17) is 0 Å². The van der Waals surface area contributed by atoms with E-state index in [1.807, 2.05) is 0 Å². The molecule has 2 heterocycles. The molecule has 0 aromatic rings. The van der Waals surface area contributed by atoms with Gasteiger partial charge < -0.3 is 10.2 Å². The van der Waals surface area contributed by atoms with Gasteiger partial charge in [-0.05, 0) is 95.3 Å². The van der Waals surface area contributed by atoms with Gasteiger partial charge in [-0.15, -0.1) is 0 Å². The van der Waals surface area contributed by atoms with E-state index >= 15 is 0 Å². The van der Waals surface area contributed by atoms with Gasteiger partial charge in [-0.3, -0.25) is 9.69 Å². The van der Waals surface area contributed by atoms with Gasteiger partial charge in [0.2, 0.25) is 5.91 Å². The largest absolute Gasteiger partial charge is 0.352 e. The van der Waals surface area contributed by atoms with E-state index in [2.05, 4.69) is 15.1 Å². The summed E-state index contributed by atoms with van der Waals surface area (Å²) >= 11 is 0. The molecular formula is C19H33N3O. The number of nitrogens with zero attached hydrogens (tertiary/aromatic N) is 2. The Bertz CT molecular complexity index is 393. The second-order valence-corrected chi connectivity index (χ2v) is 8.50. The van der Waals surface area contributed by atoms with E-state index in [1.165, 1.54) is 71.0 Å². The standard InChI is InChI=1S/C19H33N3O/c23-18(20-19(16-3-4-16)17-5-6-17)14-22-11-7-15(8-12-22)13-21-9-1-2-10-21/h15-17,19H,1-14H2,(H,20,23). The van der Waals surface area contributed by atoms with Gasteiger partial charge in [-0.2, -0.15) is 0 Å². The average Bonchev–Trinajstić information content (AvgIpc) is 3.47. The summed E-state index contributed by atoms with van der Waals surface area (Å²) in [6, 6.07) is 0.509. The van der Waals surface area contributed by atoms with Crippen LogP contribution in [0.3, 0.4) is 0 Å². The molecule has 1 N–H and O–H groups in total. The van der Waals surface area contributed by atoms with Gasteiger partial charge in [0.1, 0.15) is 0 Å². The molecule has 4 aliphatic rings. The molecule has 2 aliphatic carbocycles. The molecule has 0 atom stereocenters. The lowest BCUT2D eigenvalue weighted by atomic mass is 9.96. The van der Waals surface area contributed by atoms with Crippen molar-refractivity contribution in [2.45, 2.75) is 57.4 Å². The quantitative estimate of drug-likeness (QED) is 0.780. The summed E-state index contributed by atoms with van der Waals surface area (Å²) in [4.78, 5) is 17.4. The summed E-state index contributed by atoms with van der Waals surface area (Å²) in [6.07, 6.45) is 10.7. The molecule has 0 aromatic carbocycles. The summed E-state index contributed by atoms with van der Waals surface area (Å²) in [5.74, 6) is 2.75. The number of hydrogen-bond acceptors (Lipinski definition) is 3. The van der Waals surface area contributed by atoms with Crippen LogP contribution in [0.1, 0.15) is 51.4 Å². The summed E-state index contributed by atoms with van der Waals surface area (Å²) in [5.41, 5.74) is 0. The first kappa shape index (κ1) is 15.9. The van der Waals surface area contributed by atoms with Crippen molar-refractivity contribution < 1.29 is 4.79 Å². The van der Waals surface area contributed by atoms with Crippen molar-refractivity contribution in [3.63, 3.8) is 0 Å². The molecule has 2 aliphatic heterocycles. The second kappa shape index (κ2) is 7.10. The molecule has 4 nitrogen and oxygen atoms in total. The fraction of sp³-hybridized carbons (Fsp3) is 0.947. The number of hydrogen-bond donors (Lipinski definition) is 1. The van der Waals surface area contributed by atoms with Crippen molar-refractivity contribution in [1.29, 1.82) is 0 Å². The van der Waals surface area contributed by atoms with Crippen LogP contribution in [-0.4, -0.2) is 61.0 Å². The third-order valence-electron chi connectivity index (χ3n) is 6.38. The Labute approximate surface area is 141 Å². The van der Waals surface area contributed by atoms with Gasteiger partial charge >= 0.3 is 0 Å². The second-order valence-electron chi connectivity index (χ2n) is 8.50. The molecule has 4 rings (SSSR count). The lowest BCUT2D eigenvalue weighted by molar-refractivity contribution is -0.123. The normalized spacial score (nSPS) is 27.7. The van der Waals surface area contributed by atoms with Crippen molar-refractivity contribution in [1.82, 2.24) is 15.1 Å². The van der Waals surface area contributed by atoms with Crippen LogP contribution in [0.2, 0.25) is 0 Å². The lowest BCUT2D eigenvalue weighted by Gasteiger charge is -2.33. The third kappa shape index (κ3) is 4.48. The number of carbonyl (C=O) groups excluding carboxylic acids is 1. The lowest BCUT2D eigenvalue weighted by Crippen LogP contribution is -2.46. The van der Waals surface area contributed by atoms with Gasteiger partial charge in [0.25, 0.3) is 0 Å². The fourth-order valence-corrected chi connectivity index (χ4v) is 4.62. The highest BCUT2D eigenvalue weighted by Gasteiger charge is 2.42. The van der Waals surface area contributed by atoms with E-state index in [9.17, 15) is 4.79 Å². The van der Waals surface area contributed by atoms with Crippen LogP contribution in [0.4, 0.5) is 0 Å². The highest BCUT2D eigenvalue weighted by atomic mass is 16.2. The molecule has 2 saturated carbocycles. The van der Waals surface area contributed by atoms with Gasteiger partial charge in [-0.25, -0.2) is 0 Å². The maximum Gasteiger partial charge on any atom is 0.234 e. The predicted octanol–water partition coefficient (Wildman–Crippen LogP) is 2.10. The highest BCUT2D eigenvalue weighted by Crippen LogP contribution is 2.44. The third-order valence-corrected chi connectivity index (χ3v) is 6.38. The topological polar surface area (TPSA) is 35.6 Å². The Morgan fingerprint density at radius 3 is 2.04 bits per heavy atom. The maximum absolute atomic E-state index is 12.4. The average molecular weight is 319 g/mol. The number of likely N-dealkylation sites (tertiary alicyclic amines) is 2. The first-order valence-corrected chi connectivity index (χ1v) is 10.0. The molecule has 1 amide bonds. The molecule has 4 heteroatoms.